The molecule has 1 amide bonds. The van der Waals surface area contributed by atoms with Crippen molar-refractivity contribution in [3.63, 3.8) is 0 Å². The molecule has 1 aromatic carbocycles. The van der Waals surface area contributed by atoms with Crippen LogP contribution in [0.2, 0.25) is 5.02 Å². The van der Waals surface area contributed by atoms with Crippen molar-refractivity contribution in [3.8, 4) is 5.75 Å². The van der Waals surface area contributed by atoms with Gasteiger partial charge in [-0.15, -0.1) is 0 Å². The highest BCUT2D eigenvalue weighted by Crippen LogP contribution is 2.28. The van der Waals surface area contributed by atoms with E-state index in [-0.39, 0.29) is 5.91 Å². The number of amides is 1. The highest BCUT2D eigenvalue weighted by Gasteiger charge is 2.20. The molecule has 1 aromatic rings. The Morgan fingerprint density at radius 1 is 1.47 bits per heavy atom. The molecule has 0 radical (unpaired) electrons. The van der Waals surface area contributed by atoms with Gasteiger partial charge >= 0.3 is 0 Å². The largest absolute Gasteiger partial charge is 0.492 e. The molecule has 0 bridgehead atoms. The summed E-state index contributed by atoms with van der Waals surface area (Å²) in [5.41, 5.74) is 0.657. The van der Waals surface area contributed by atoms with Crippen LogP contribution < -0.4 is 15.4 Å². The Hall–Kier alpha value is -1.26. The first-order valence-corrected chi connectivity index (χ1v) is 6.99. The zero-order valence-electron chi connectivity index (χ0n) is 11.0. The molecular formula is C14H19ClN2O2. The van der Waals surface area contributed by atoms with Gasteiger partial charge in [-0.2, -0.15) is 0 Å². The summed E-state index contributed by atoms with van der Waals surface area (Å²) in [6.45, 7) is 3.67. The van der Waals surface area contributed by atoms with E-state index in [1.165, 1.54) is 12.8 Å². The van der Waals surface area contributed by atoms with Gasteiger partial charge in [0.15, 0.2) is 0 Å². The van der Waals surface area contributed by atoms with E-state index >= 15 is 0 Å². The first-order chi connectivity index (χ1) is 9.19. The molecule has 0 aliphatic heterocycles. The van der Waals surface area contributed by atoms with E-state index in [4.69, 9.17) is 16.3 Å². The molecule has 19 heavy (non-hydrogen) atoms. The average molecular weight is 283 g/mol. The lowest BCUT2D eigenvalue weighted by atomic mass is 10.3. The number of nitrogens with one attached hydrogen (secondary N) is 2. The predicted molar refractivity (Wildman–Crippen MR) is 76.8 cm³/mol. The average Bonchev–Trinajstić information content (AvgIpc) is 3.17. The topological polar surface area (TPSA) is 50.4 Å². The van der Waals surface area contributed by atoms with Crippen molar-refractivity contribution < 1.29 is 9.53 Å². The monoisotopic (exact) mass is 282 g/mol. The van der Waals surface area contributed by atoms with E-state index in [2.05, 4.69) is 10.6 Å². The second-order valence-electron chi connectivity index (χ2n) is 4.70. The molecule has 0 spiro atoms. The van der Waals surface area contributed by atoms with E-state index in [0.717, 1.165) is 12.5 Å². The summed E-state index contributed by atoms with van der Waals surface area (Å²) in [5, 5.41) is 6.57. The van der Waals surface area contributed by atoms with Crippen LogP contribution >= 0.6 is 11.6 Å². The van der Waals surface area contributed by atoms with Crippen LogP contribution in [0.4, 0.5) is 5.69 Å². The summed E-state index contributed by atoms with van der Waals surface area (Å²) in [6, 6.07) is 5.20. The first kappa shape index (κ1) is 14.2. The standard InChI is InChI=1S/C14H19ClN2O2/c1-2-19-13-7-11(15)5-6-12(13)17-14(18)9-16-8-10-3-4-10/h5-7,10,16H,2-4,8-9H2,1H3,(H,17,18). The number of benzene rings is 1. The summed E-state index contributed by atoms with van der Waals surface area (Å²) in [7, 11) is 0. The van der Waals surface area contributed by atoms with Crippen molar-refractivity contribution in [1.82, 2.24) is 5.32 Å². The molecule has 0 saturated heterocycles. The van der Waals surface area contributed by atoms with E-state index in [0.29, 0.717) is 29.6 Å². The lowest BCUT2D eigenvalue weighted by molar-refractivity contribution is -0.115. The molecule has 1 saturated carbocycles. The van der Waals surface area contributed by atoms with Crippen LogP contribution in [0.5, 0.6) is 5.75 Å². The third-order valence-corrected chi connectivity index (χ3v) is 3.17. The smallest absolute Gasteiger partial charge is 0.238 e. The van der Waals surface area contributed by atoms with Crippen LogP contribution in [0.15, 0.2) is 18.2 Å². The van der Waals surface area contributed by atoms with Crippen molar-refractivity contribution in [2.24, 2.45) is 5.92 Å². The minimum absolute atomic E-state index is 0.0658. The molecule has 2 N–H and O–H groups in total. The molecule has 104 valence electrons. The number of carbonyl (C=O) groups excluding carboxylic acids is 1. The molecule has 1 aliphatic rings. The first-order valence-electron chi connectivity index (χ1n) is 6.62. The molecule has 0 unspecified atom stereocenters. The Labute approximate surface area is 118 Å². The molecule has 1 fully saturated rings. The lowest BCUT2D eigenvalue weighted by Crippen LogP contribution is -2.29. The van der Waals surface area contributed by atoms with E-state index in [9.17, 15) is 4.79 Å². The van der Waals surface area contributed by atoms with Crippen molar-refractivity contribution in [3.05, 3.63) is 23.2 Å². The van der Waals surface area contributed by atoms with Gasteiger partial charge < -0.3 is 15.4 Å². The summed E-state index contributed by atoms with van der Waals surface area (Å²) < 4.78 is 5.45. The Morgan fingerprint density at radius 2 is 2.26 bits per heavy atom. The maximum absolute atomic E-state index is 11.8. The second-order valence-corrected chi connectivity index (χ2v) is 5.13. The highest BCUT2D eigenvalue weighted by atomic mass is 35.5. The van der Waals surface area contributed by atoms with E-state index in [1.54, 1.807) is 18.2 Å². The maximum Gasteiger partial charge on any atom is 0.238 e. The van der Waals surface area contributed by atoms with Gasteiger partial charge in [0.05, 0.1) is 18.8 Å². The molecule has 2 rings (SSSR count). The molecule has 0 aromatic heterocycles. The quantitative estimate of drug-likeness (QED) is 0.808. The minimum atomic E-state index is -0.0658. The van der Waals surface area contributed by atoms with Gasteiger partial charge in [-0.05, 0) is 44.4 Å². The highest BCUT2D eigenvalue weighted by molar-refractivity contribution is 6.30. The zero-order valence-corrected chi connectivity index (χ0v) is 11.8. The second kappa shape index (κ2) is 6.78. The van der Waals surface area contributed by atoms with Crippen molar-refractivity contribution in [2.75, 3.05) is 25.0 Å². The van der Waals surface area contributed by atoms with Gasteiger partial charge in [0.25, 0.3) is 0 Å². The summed E-state index contributed by atoms with van der Waals surface area (Å²) in [4.78, 5) is 11.8. The number of halogens is 1. The Kier molecular flexibility index (Phi) is 5.05. The molecule has 0 heterocycles. The number of ether oxygens (including phenoxy) is 1. The normalized spacial score (nSPS) is 14.2. The maximum atomic E-state index is 11.8. The number of hydrogen-bond donors (Lipinski definition) is 2. The van der Waals surface area contributed by atoms with E-state index in [1.807, 2.05) is 6.92 Å². The van der Waals surface area contributed by atoms with Gasteiger partial charge in [-0.25, -0.2) is 0 Å². The molecule has 1 aliphatic carbocycles. The van der Waals surface area contributed by atoms with Crippen molar-refractivity contribution in [1.29, 1.82) is 0 Å². The minimum Gasteiger partial charge on any atom is -0.492 e. The summed E-state index contributed by atoms with van der Waals surface area (Å²) >= 11 is 5.91. The Morgan fingerprint density at radius 3 is 2.95 bits per heavy atom. The fraction of sp³-hybridized carbons (Fsp3) is 0.500. The molecule has 5 heteroatoms. The summed E-state index contributed by atoms with van der Waals surface area (Å²) in [6.07, 6.45) is 2.56. The molecule has 4 nitrogen and oxygen atoms in total. The van der Waals surface area contributed by atoms with Crippen LogP contribution in [-0.4, -0.2) is 25.6 Å². The van der Waals surface area contributed by atoms with Crippen LogP contribution in [0, 0.1) is 5.92 Å². The van der Waals surface area contributed by atoms with Gasteiger partial charge in [0.2, 0.25) is 5.91 Å². The molecule has 0 atom stereocenters. The predicted octanol–water partition coefficient (Wildman–Crippen LogP) is 2.68. The zero-order chi connectivity index (χ0) is 13.7. The van der Waals surface area contributed by atoms with E-state index < -0.39 is 0 Å². The Balaban J connectivity index is 1.87. The third-order valence-electron chi connectivity index (χ3n) is 2.93. The Bertz CT molecular complexity index is 447. The number of rotatable bonds is 7. The number of hydrogen-bond acceptors (Lipinski definition) is 3. The van der Waals surface area contributed by atoms with Crippen molar-refractivity contribution >= 4 is 23.2 Å². The number of anilines is 1. The van der Waals surface area contributed by atoms with Crippen molar-refractivity contribution in [2.45, 2.75) is 19.8 Å². The lowest BCUT2D eigenvalue weighted by Gasteiger charge is -2.12. The van der Waals surface area contributed by atoms with Crippen LogP contribution in [0.3, 0.4) is 0 Å². The van der Waals surface area contributed by atoms with Gasteiger partial charge in [0.1, 0.15) is 5.75 Å². The van der Waals surface area contributed by atoms with Gasteiger partial charge in [0, 0.05) is 11.1 Å². The van der Waals surface area contributed by atoms with Gasteiger partial charge in [-0.3, -0.25) is 4.79 Å². The van der Waals surface area contributed by atoms with Crippen LogP contribution in [0.1, 0.15) is 19.8 Å². The van der Waals surface area contributed by atoms with Gasteiger partial charge in [-0.1, -0.05) is 11.6 Å². The SMILES string of the molecule is CCOc1cc(Cl)ccc1NC(=O)CNCC1CC1. The number of carbonyl (C=O) groups is 1. The van der Waals surface area contributed by atoms with Crippen LogP contribution in [0.25, 0.3) is 0 Å². The third kappa shape index (κ3) is 4.73. The van der Waals surface area contributed by atoms with Crippen LogP contribution in [-0.2, 0) is 4.79 Å². The fourth-order valence-electron chi connectivity index (χ4n) is 1.78. The fourth-order valence-corrected chi connectivity index (χ4v) is 1.94. The summed E-state index contributed by atoms with van der Waals surface area (Å²) in [5.74, 6) is 1.30. The molecular weight excluding hydrogens is 264 g/mol.